The molecule has 2 N–H and O–H groups in total. The van der Waals surface area contributed by atoms with Gasteiger partial charge in [0.1, 0.15) is 0 Å². The lowest BCUT2D eigenvalue weighted by Crippen LogP contribution is -2.70. The molecule has 42 heavy (non-hydrogen) atoms. The fraction of sp³-hybridized carbons (Fsp3) is 0.914. The first-order valence-electron chi connectivity index (χ1n) is 16.7. The maximum absolute atomic E-state index is 13.3. The highest BCUT2D eigenvalue weighted by molar-refractivity contribution is 5.73. The topological polar surface area (TPSA) is 80.3 Å². The van der Waals surface area contributed by atoms with Gasteiger partial charge in [-0.05, 0) is 78.4 Å². The van der Waals surface area contributed by atoms with Crippen LogP contribution >= 0.6 is 0 Å². The third-order valence-electron chi connectivity index (χ3n) is 14.2. The Morgan fingerprint density at radius 2 is 1.83 bits per heavy atom. The second-order valence-corrected chi connectivity index (χ2v) is 16.4. The number of rotatable bonds is 9. The molecule has 4 fully saturated rings. The van der Waals surface area contributed by atoms with E-state index in [-0.39, 0.29) is 45.2 Å². The van der Waals surface area contributed by atoms with Crippen LogP contribution in [0.25, 0.3) is 0 Å². The summed E-state index contributed by atoms with van der Waals surface area (Å²) in [5.41, 5.74) is 4.08. The number of carboxylic acid groups (broad SMARTS) is 1. The van der Waals surface area contributed by atoms with E-state index in [0.717, 1.165) is 51.7 Å². The van der Waals surface area contributed by atoms with Crippen LogP contribution in [0.1, 0.15) is 87.0 Å². The van der Waals surface area contributed by atoms with Crippen molar-refractivity contribution >= 4 is 5.97 Å². The normalized spacial score (nSPS) is 47.3. The Morgan fingerprint density at radius 3 is 2.45 bits per heavy atom. The van der Waals surface area contributed by atoms with E-state index in [2.05, 4.69) is 60.0 Å². The van der Waals surface area contributed by atoms with Gasteiger partial charge in [-0.25, -0.2) is 0 Å². The molecule has 5 aliphatic rings. The number of ether oxygens (including phenoxy) is 3. The van der Waals surface area contributed by atoms with Gasteiger partial charge >= 0.3 is 5.97 Å². The quantitative estimate of drug-likeness (QED) is 0.193. The summed E-state index contributed by atoms with van der Waals surface area (Å²) in [5.74, 6) is 0.673. The second kappa shape index (κ2) is 11.1. The fourth-order valence-corrected chi connectivity index (χ4v) is 11.5. The summed E-state index contributed by atoms with van der Waals surface area (Å²) in [6.45, 7) is 19.1. The summed E-state index contributed by atoms with van der Waals surface area (Å²) in [5, 5.41) is 12.9. The van der Waals surface area contributed by atoms with Crippen LogP contribution in [0.3, 0.4) is 0 Å². The highest BCUT2D eigenvalue weighted by Crippen LogP contribution is 2.75. The zero-order valence-electron chi connectivity index (χ0n) is 28.2. The average molecular weight is 589 g/mol. The molecule has 7 nitrogen and oxygen atoms in total. The molecule has 5 rings (SSSR count). The molecule has 0 spiro atoms. The molecule has 7 heteroatoms. The molecule has 240 valence electrons. The molecule has 1 heterocycles. The molecule has 0 amide bonds. The molecular formula is C35H60N2O5. The van der Waals surface area contributed by atoms with Crippen molar-refractivity contribution in [3.8, 4) is 0 Å². The first kappa shape index (κ1) is 32.4. The third-order valence-corrected chi connectivity index (χ3v) is 14.2. The number of hydrazine groups is 1. The van der Waals surface area contributed by atoms with Gasteiger partial charge in [0.25, 0.3) is 0 Å². The van der Waals surface area contributed by atoms with E-state index in [1.165, 1.54) is 0 Å². The molecule has 1 aliphatic heterocycles. The van der Waals surface area contributed by atoms with Gasteiger partial charge in [0.2, 0.25) is 0 Å². The van der Waals surface area contributed by atoms with Gasteiger partial charge in [-0.3, -0.25) is 15.2 Å². The molecule has 2 bridgehead atoms. The number of carbonyl (C=O) groups is 1. The smallest absolute Gasteiger partial charge is 0.307 e. The Bertz CT molecular complexity index is 1060. The zero-order chi connectivity index (χ0) is 30.9. The molecule has 0 unspecified atom stereocenters. The predicted octanol–water partition coefficient (Wildman–Crippen LogP) is 6.04. The number of hydrogen-bond donors (Lipinski definition) is 2. The van der Waals surface area contributed by atoms with Crippen molar-refractivity contribution < 1.29 is 24.1 Å². The lowest BCUT2D eigenvalue weighted by atomic mass is 9.34. The summed E-state index contributed by atoms with van der Waals surface area (Å²) in [4.78, 5) is 13.3. The van der Waals surface area contributed by atoms with Crippen LogP contribution in [-0.4, -0.2) is 75.9 Å². The molecule has 0 radical (unpaired) electrons. The van der Waals surface area contributed by atoms with Crippen LogP contribution < -0.4 is 5.43 Å². The Kier molecular flexibility index (Phi) is 8.58. The van der Waals surface area contributed by atoms with E-state index in [4.69, 9.17) is 14.2 Å². The van der Waals surface area contributed by atoms with Crippen LogP contribution in [0, 0.1) is 56.7 Å². The van der Waals surface area contributed by atoms with Crippen molar-refractivity contribution in [1.29, 1.82) is 0 Å². The van der Waals surface area contributed by atoms with Gasteiger partial charge in [-0.1, -0.05) is 60.1 Å². The summed E-state index contributed by atoms with van der Waals surface area (Å²) in [7, 11) is 5.85. The first-order valence-corrected chi connectivity index (χ1v) is 16.7. The highest BCUT2D eigenvalue weighted by Gasteiger charge is 2.71. The van der Waals surface area contributed by atoms with Gasteiger partial charge in [-0.2, -0.15) is 0 Å². The van der Waals surface area contributed by atoms with Crippen molar-refractivity contribution in [2.45, 2.75) is 99.2 Å². The summed E-state index contributed by atoms with van der Waals surface area (Å²) in [6, 6.07) is 0. The van der Waals surface area contributed by atoms with Gasteiger partial charge in [-0.15, -0.1) is 0 Å². The molecule has 3 saturated carbocycles. The number of methoxy groups -OCH3 is 1. The summed E-state index contributed by atoms with van der Waals surface area (Å²) in [6.07, 6.45) is 8.55. The molecule has 4 aliphatic carbocycles. The minimum atomic E-state index is -0.600. The Morgan fingerprint density at radius 1 is 1.12 bits per heavy atom. The van der Waals surface area contributed by atoms with Gasteiger partial charge in [0.05, 0.1) is 37.9 Å². The monoisotopic (exact) mass is 588 g/mol. The molecule has 1 saturated heterocycles. The summed E-state index contributed by atoms with van der Waals surface area (Å²) >= 11 is 0. The number of allylic oxidation sites excluding steroid dienone is 1. The maximum Gasteiger partial charge on any atom is 0.307 e. The van der Waals surface area contributed by atoms with Crippen molar-refractivity contribution in [3.05, 3.63) is 11.6 Å². The molecule has 0 aromatic rings. The van der Waals surface area contributed by atoms with E-state index >= 15 is 0 Å². The SMILES string of the molecule is CO[C@@H]1C[C@]23COC[C@](C)([C@@H]2CC[C@H]2C3=CC[C@@]3(C)[C@H](C(=O)O)[C@@](C)([C@H](C)C(C)C)CC[C@]23C)[C@H]1OCCNN(C)C. The lowest BCUT2D eigenvalue weighted by Gasteiger charge is -2.71. The first-order chi connectivity index (χ1) is 19.6. The van der Waals surface area contributed by atoms with Crippen LogP contribution in [0.2, 0.25) is 0 Å². The molecule has 0 aromatic heterocycles. The molecule has 0 aromatic carbocycles. The summed E-state index contributed by atoms with van der Waals surface area (Å²) < 4.78 is 19.5. The van der Waals surface area contributed by atoms with Crippen molar-refractivity contribution in [2.75, 3.05) is 47.6 Å². The number of hydrogen-bond acceptors (Lipinski definition) is 6. The van der Waals surface area contributed by atoms with Gasteiger partial charge in [0, 0.05) is 38.6 Å². The predicted molar refractivity (Wildman–Crippen MR) is 166 cm³/mol. The Hall–Kier alpha value is -0.990. The third kappa shape index (κ3) is 4.49. The van der Waals surface area contributed by atoms with Crippen LogP contribution in [0.15, 0.2) is 11.6 Å². The number of nitrogens with one attached hydrogen (secondary N) is 1. The van der Waals surface area contributed by atoms with E-state index in [9.17, 15) is 9.90 Å². The zero-order valence-corrected chi connectivity index (χ0v) is 28.2. The van der Waals surface area contributed by atoms with E-state index in [0.29, 0.717) is 36.9 Å². The number of carboxylic acids is 1. The number of nitrogens with zero attached hydrogens (tertiary/aromatic N) is 1. The number of fused-ring (bicyclic) bond motifs is 3. The van der Waals surface area contributed by atoms with Gasteiger partial charge < -0.3 is 19.3 Å². The molecule has 11 atom stereocenters. The maximum atomic E-state index is 13.3. The molecular weight excluding hydrogens is 528 g/mol. The fourth-order valence-electron chi connectivity index (χ4n) is 11.5. The van der Waals surface area contributed by atoms with E-state index < -0.39 is 5.97 Å². The Balaban J connectivity index is 1.52. The van der Waals surface area contributed by atoms with Crippen LogP contribution in [-0.2, 0) is 19.0 Å². The van der Waals surface area contributed by atoms with Gasteiger partial charge in [0.15, 0.2) is 0 Å². The lowest BCUT2D eigenvalue weighted by molar-refractivity contribution is -0.267. The van der Waals surface area contributed by atoms with Crippen molar-refractivity contribution in [3.63, 3.8) is 0 Å². The van der Waals surface area contributed by atoms with Crippen molar-refractivity contribution in [1.82, 2.24) is 10.4 Å². The minimum absolute atomic E-state index is 0.00331. The number of aliphatic carboxylic acids is 1. The second-order valence-electron chi connectivity index (χ2n) is 16.4. The minimum Gasteiger partial charge on any atom is -0.481 e. The van der Waals surface area contributed by atoms with E-state index in [1.807, 2.05) is 26.2 Å². The van der Waals surface area contributed by atoms with Crippen LogP contribution in [0.4, 0.5) is 0 Å². The highest BCUT2D eigenvalue weighted by atomic mass is 16.5. The largest absolute Gasteiger partial charge is 0.481 e. The average Bonchev–Trinajstić information content (AvgIpc) is 2.91. The van der Waals surface area contributed by atoms with Crippen molar-refractivity contribution in [2.24, 2.45) is 56.7 Å². The van der Waals surface area contributed by atoms with Crippen LogP contribution in [0.5, 0.6) is 0 Å². The standard InChI is InChI=1S/C35H60N2O5/c1-22(2)23(3)31(4)15-16-33(6)24-11-12-27-32(5)20-41-21-35(27,25(24)13-14-34(33,7)28(31)30(38)39)19-26(40-10)29(32)42-18-17-36-37(8)9/h13,22-24,26-29,36H,11-12,14-21H2,1-10H3,(H,38,39)/t23-,24+,26-,27+,28-,29+,31-,32-,33-,34+,35-/m1/s1. The Labute approximate surface area is 255 Å². The van der Waals surface area contributed by atoms with E-state index in [1.54, 1.807) is 5.57 Å².